The highest BCUT2D eigenvalue weighted by Gasteiger charge is 2.17. The van der Waals surface area contributed by atoms with Crippen LogP contribution in [0, 0.1) is 0 Å². The van der Waals surface area contributed by atoms with Crippen molar-refractivity contribution in [3.63, 3.8) is 0 Å². The van der Waals surface area contributed by atoms with Gasteiger partial charge in [0.1, 0.15) is 5.25 Å². The summed E-state index contributed by atoms with van der Waals surface area (Å²) in [6.45, 7) is 2.76. The summed E-state index contributed by atoms with van der Waals surface area (Å²) in [4.78, 5) is 36.0. The molecule has 0 unspecified atom stereocenters. The maximum Gasteiger partial charge on any atom is 0.319 e. The Labute approximate surface area is 156 Å². The monoisotopic (exact) mass is 372 g/mol. The van der Waals surface area contributed by atoms with Gasteiger partial charge < -0.3 is 15.4 Å². The number of carbonyl (C=O) groups excluding carboxylic acids is 3. The minimum absolute atomic E-state index is 0.202. The fourth-order valence-corrected chi connectivity index (χ4v) is 2.97. The molecule has 0 radical (unpaired) electrons. The van der Waals surface area contributed by atoms with Gasteiger partial charge in [-0.2, -0.15) is 0 Å². The molecule has 0 aliphatic rings. The van der Waals surface area contributed by atoms with Crippen molar-refractivity contribution in [3.05, 3.63) is 54.6 Å². The lowest BCUT2D eigenvalue weighted by atomic mass is 10.2. The van der Waals surface area contributed by atoms with E-state index in [0.29, 0.717) is 11.4 Å². The second-order valence-electron chi connectivity index (χ2n) is 5.49. The van der Waals surface area contributed by atoms with Crippen LogP contribution in [0.15, 0.2) is 59.5 Å². The molecule has 2 N–H and O–H groups in total. The highest BCUT2D eigenvalue weighted by molar-refractivity contribution is 8.00. The molecular formula is C19H20N2O4S. The second-order valence-corrected chi connectivity index (χ2v) is 6.91. The normalized spacial score (nSPS) is 11.3. The van der Waals surface area contributed by atoms with Crippen molar-refractivity contribution in [1.82, 2.24) is 0 Å². The minimum Gasteiger partial charge on any atom is -0.455 e. The first kappa shape index (κ1) is 19.5. The predicted octanol–water partition coefficient (Wildman–Crippen LogP) is 3.31. The molecule has 0 spiro atoms. The van der Waals surface area contributed by atoms with Crippen LogP contribution in [-0.4, -0.2) is 29.6 Å². The Kier molecular flexibility index (Phi) is 7.23. The number of hydrogen-bond donors (Lipinski definition) is 2. The maximum atomic E-state index is 12.0. The average molecular weight is 372 g/mol. The highest BCUT2D eigenvalue weighted by Crippen LogP contribution is 2.23. The van der Waals surface area contributed by atoms with Crippen LogP contribution in [0.1, 0.15) is 13.8 Å². The summed E-state index contributed by atoms with van der Waals surface area (Å²) in [6.07, 6.45) is 0. The van der Waals surface area contributed by atoms with E-state index in [-0.39, 0.29) is 12.5 Å². The Balaban J connectivity index is 1.80. The van der Waals surface area contributed by atoms with Crippen molar-refractivity contribution in [3.8, 4) is 0 Å². The van der Waals surface area contributed by atoms with E-state index < -0.39 is 17.1 Å². The molecule has 6 nitrogen and oxygen atoms in total. The number of amides is 2. The summed E-state index contributed by atoms with van der Waals surface area (Å²) in [5.74, 6) is -1.11. The molecule has 0 aliphatic heterocycles. The smallest absolute Gasteiger partial charge is 0.319 e. The van der Waals surface area contributed by atoms with Crippen LogP contribution in [0.5, 0.6) is 0 Å². The van der Waals surface area contributed by atoms with Gasteiger partial charge in [-0.1, -0.05) is 24.3 Å². The zero-order valence-electron chi connectivity index (χ0n) is 14.5. The van der Waals surface area contributed by atoms with Crippen molar-refractivity contribution >= 4 is 40.9 Å². The van der Waals surface area contributed by atoms with E-state index in [1.54, 1.807) is 31.2 Å². The van der Waals surface area contributed by atoms with Crippen LogP contribution in [0.2, 0.25) is 0 Å². The number of hydrogen-bond acceptors (Lipinski definition) is 5. The predicted molar refractivity (Wildman–Crippen MR) is 102 cm³/mol. The van der Waals surface area contributed by atoms with E-state index in [2.05, 4.69) is 10.6 Å². The van der Waals surface area contributed by atoms with E-state index in [9.17, 15) is 14.4 Å². The van der Waals surface area contributed by atoms with Gasteiger partial charge in [0.15, 0.2) is 6.61 Å². The van der Waals surface area contributed by atoms with Gasteiger partial charge in [-0.05, 0) is 37.3 Å². The molecule has 2 rings (SSSR count). The molecule has 0 saturated heterocycles. The fourth-order valence-electron chi connectivity index (χ4n) is 2.08. The van der Waals surface area contributed by atoms with Crippen molar-refractivity contribution < 1.29 is 19.1 Å². The molecule has 1 atom stereocenters. The summed E-state index contributed by atoms with van der Waals surface area (Å²) >= 11 is 1.37. The molecule has 2 amide bonds. The van der Waals surface area contributed by atoms with E-state index >= 15 is 0 Å². The zero-order chi connectivity index (χ0) is 18.9. The highest BCUT2D eigenvalue weighted by atomic mass is 32.2. The first-order chi connectivity index (χ1) is 12.4. The van der Waals surface area contributed by atoms with Crippen LogP contribution >= 0.6 is 11.8 Å². The number of carbonyl (C=O) groups is 3. The van der Waals surface area contributed by atoms with Crippen LogP contribution < -0.4 is 10.6 Å². The number of ether oxygens (including phenoxy) is 1. The Morgan fingerprint density at radius 2 is 1.65 bits per heavy atom. The molecule has 136 valence electrons. The standard InChI is InChI=1S/C19H20N2O4S/c1-13(26-17-9-4-3-5-10-17)19(24)25-12-18(23)21-16-8-6-7-15(11-16)20-14(2)22/h3-11,13H,12H2,1-2H3,(H,20,22)(H,21,23)/t13-/m1/s1. The molecule has 2 aromatic rings. The Hall–Kier alpha value is -2.80. The van der Waals surface area contributed by atoms with Gasteiger partial charge in [0.25, 0.3) is 5.91 Å². The first-order valence-corrected chi connectivity index (χ1v) is 8.88. The van der Waals surface area contributed by atoms with Crippen molar-refractivity contribution in [1.29, 1.82) is 0 Å². The molecule has 0 bridgehead atoms. The largest absolute Gasteiger partial charge is 0.455 e. The third-order valence-electron chi connectivity index (χ3n) is 3.20. The molecule has 0 fully saturated rings. The van der Waals surface area contributed by atoms with Crippen LogP contribution in [-0.2, 0) is 19.1 Å². The van der Waals surface area contributed by atoms with Crippen LogP contribution in [0.4, 0.5) is 11.4 Å². The van der Waals surface area contributed by atoms with Crippen LogP contribution in [0.3, 0.4) is 0 Å². The van der Waals surface area contributed by atoms with Gasteiger partial charge in [0, 0.05) is 23.2 Å². The maximum absolute atomic E-state index is 12.0. The number of esters is 1. The number of anilines is 2. The molecule has 7 heteroatoms. The van der Waals surface area contributed by atoms with E-state index in [1.165, 1.54) is 18.7 Å². The topological polar surface area (TPSA) is 84.5 Å². The summed E-state index contributed by atoms with van der Waals surface area (Å²) in [5.41, 5.74) is 1.07. The summed E-state index contributed by atoms with van der Waals surface area (Å²) in [5, 5.41) is 4.83. The van der Waals surface area contributed by atoms with Crippen LogP contribution in [0.25, 0.3) is 0 Å². The summed E-state index contributed by atoms with van der Waals surface area (Å²) in [6, 6.07) is 16.2. The molecule has 26 heavy (non-hydrogen) atoms. The quantitative estimate of drug-likeness (QED) is 0.575. The lowest BCUT2D eigenvalue weighted by molar-refractivity contribution is -0.146. The van der Waals surface area contributed by atoms with Gasteiger partial charge in [0.05, 0.1) is 0 Å². The molecule has 0 saturated carbocycles. The Morgan fingerprint density at radius 1 is 1.00 bits per heavy atom. The third-order valence-corrected chi connectivity index (χ3v) is 4.29. The first-order valence-electron chi connectivity index (χ1n) is 8.00. The van der Waals surface area contributed by atoms with E-state index in [0.717, 1.165) is 4.90 Å². The van der Waals surface area contributed by atoms with Gasteiger partial charge in [-0.15, -0.1) is 11.8 Å². The van der Waals surface area contributed by atoms with Gasteiger partial charge in [0.2, 0.25) is 5.91 Å². The summed E-state index contributed by atoms with van der Waals surface area (Å²) < 4.78 is 5.06. The summed E-state index contributed by atoms with van der Waals surface area (Å²) in [7, 11) is 0. The van der Waals surface area contributed by atoms with E-state index in [4.69, 9.17) is 4.74 Å². The van der Waals surface area contributed by atoms with Gasteiger partial charge in [-0.25, -0.2) is 0 Å². The van der Waals surface area contributed by atoms with Crippen molar-refractivity contribution in [2.75, 3.05) is 17.2 Å². The molecular weight excluding hydrogens is 352 g/mol. The molecule has 2 aromatic carbocycles. The molecule has 0 aliphatic carbocycles. The van der Waals surface area contributed by atoms with Crippen molar-refractivity contribution in [2.24, 2.45) is 0 Å². The number of rotatable bonds is 7. The zero-order valence-corrected chi connectivity index (χ0v) is 15.3. The number of nitrogens with one attached hydrogen (secondary N) is 2. The van der Waals surface area contributed by atoms with E-state index in [1.807, 2.05) is 30.3 Å². The number of thioether (sulfide) groups is 1. The average Bonchev–Trinajstić information content (AvgIpc) is 2.60. The number of benzene rings is 2. The Morgan fingerprint density at radius 3 is 2.31 bits per heavy atom. The Bertz CT molecular complexity index is 780. The minimum atomic E-state index is -0.457. The second kappa shape index (κ2) is 9.62. The lowest BCUT2D eigenvalue weighted by Crippen LogP contribution is -2.24. The third kappa shape index (κ3) is 6.60. The fraction of sp³-hybridized carbons (Fsp3) is 0.211. The molecule has 0 aromatic heterocycles. The SMILES string of the molecule is CC(=O)Nc1cccc(NC(=O)COC(=O)[C@@H](C)Sc2ccccc2)c1. The molecule has 0 heterocycles. The van der Waals surface area contributed by atoms with Crippen molar-refractivity contribution in [2.45, 2.75) is 24.0 Å². The lowest BCUT2D eigenvalue weighted by Gasteiger charge is -2.12. The van der Waals surface area contributed by atoms with Gasteiger partial charge in [-0.3, -0.25) is 14.4 Å². The van der Waals surface area contributed by atoms with Gasteiger partial charge >= 0.3 is 5.97 Å².